The molecule has 84 valence electrons. The quantitative estimate of drug-likeness (QED) is 0.634. The molecule has 1 aliphatic heterocycles. The summed E-state index contributed by atoms with van der Waals surface area (Å²) in [7, 11) is 1.75. The molecule has 1 aliphatic rings. The fraction of sp³-hybridized carbons (Fsp3) is 1.00. The lowest BCUT2D eigenvalue weighted by molar-refractivity contribution is 0.0560. The van der Waals surface area contributed by atoms with E-state index in [0.717, 1.165) is 26.1 Å². The molecule has 1 fully saturated rings. The third-order valence-electron chi connectivity index (χ3n) is 2.64. The lowest BCUT2D eigenvalue weighted by atomic mass is 10.2. The molecule has 0 saturated carbocycles. The summed E-state index contributed by atoms with van der Waals surface area (Å²) in [5, 5.41) is 3.43. The van der Waals surface area contributed by atoms with Crippen molar-refractivity contribution in [3.63, 3.8) is 0 Å². The van der Waals surface area contributed by atoms with Crippen LogP contribution in [0.1, 0.15) is 32.6 Å². The Bertz CT molecular complexity index is 141. The Balaban J connectivity index is 1.84. The molecule has 0 aromatic rings. The number of rotatable bonds is 7. The molecule has 2 unspecified atom stereocenters. The average molecular weight is 201 g/mol. The smallest absolute Gasteiger partial charge is 0.0704 e. The predicted octanol–water partition coefficient (Wildman–Crippen LogP) is 1.57. The summed E-state index contributed by atoms with van der Waals surface area (Å²) in [6.07, 6.45) is 5.69. The summed E-state index contributed by atoms with van der Waals surface area (Å²) in [5.41, 5.74) is 0. The van der Waals surface area contributed by atoms with Crippen LogP contribution in [-0.2, 0) is 9.47 Å². The second-order valence-electron chi connectivity index (χ2n) is 4.05. The topological polar surface area (TPSA) is 30.5 Å². The molecular weight excluding hydrogens is 178 g/mol. The van der Waals surface area contributed by atoms with E-state index in [9.17, 15) is 0 Å². The maximum Gasteiger partial charge on any atom is 0.0704 e. The van der Waals surface area contributed by atoms with Gasteiger partial charge in [-0.1, -0.05) is 0 Å². The lowest BCUT2D eigenvalue weighted by Crippen LogP contribution is -2.27. The zero-order chi connectivity index (χ0) is 10.2. The molecule has 0 aliphatic carbocycles. The van der Waals surface area contributed by atoms with E-state index in [2.05, 4.69) is 12.2 Å². The van der Waals surface area contributed by atoms with E-state index in [1.807, 2.05) is 0 Å². The SMILES string of the molecule is COCCCCNCC1CCC(C)O1. The zero-order valence-electron chi connectivity index (χ0n) is 9.42. The Morgan fingerprint density at radius 1 is 1.36 bits per heavy atom. The molecule has 1 heterocycles. The van der Waals surface area contributed by atoms with Crippen molar-refractivity contribution >= 4 is 0 Å². The largest absolute Gasteiger partial charge is 0.385 e. The Hall–Kier alpha value is -0.120. The monoisotopic (exact) mass is 201 g/mol. The lowest BCUT2D eigenvalue weighted by Gasteiger charge is -2.11. The summed E-state index contributed by atoms with van der Waals surface area (Å²) in [5.74, 6) is 0. The first kappa shape index (κ1) is 12.0. The molecule has 3 nitrogen and oxygen atoms in total. The van der Waals surface area contributed by atoms with Crippen LogP contribution in [0.5, 0.6) is 0 Å². The number of ether oxygens (including phenoxy) is 2. The molecular formula is C11H23NO2. The van der Waals surface area contributed by atoms with Crippen molar-refractivity contribution < 1.29 is 9.47 Å². The van der Waals surface area contributed by atoms with Gasteiger partial charge in [-0.15, -0.1) is 0 Å². The van der Waals surface area contributed by atoms with Gasteiger partial charge in [-0.25, -0.2) is 0 Å². The maximum atomic E-state index is 5.70. The number of nitrogens with one attached hydrogen (secondary N) is 1. The molecule has 0 aromatic heterocycles. The molecule has 2 atom stereocenters. The van der Waals surface area contributed by atoms with Crippen molar-refractivity contribution in [1.29, 1.82) is 0 Å². The van der Waals surface area contributed by atoms with Crippen molar-refractivity contribution in [2.45, 2.75) is 44.8 Å². The molecule has 3 heteroatoms. The summed E-state index contributed by atoms with van der Waals surface area (Å²) < 4.78 is 10.7. The standard InChI is InChI=1S/C11H23NO2/c1-10-5-6-11(14-10)9-12-7-3-4-8-13-2/h10-12H,3-9H2,1-2H3. The molecule has 14 heavy (non-hydrogen) atoms. The Kier molecular flexibility index (Phi) is 6.15. The number of hydrogen-bond donors (Lipinski definition) is 1. The van der Waals surface area contributed by atoms with E-state index in [1.54, 1.807) is 7.11 Å². The van der Waals surface area contributed by atoms with Gasteiger partial charge in [0.25, 0.3) is 0 Å². The molecule has 0 radical (unpaired) electrons. The highest BCUT2D eigenvalue weighted by Gasteiger charge is 2.20. The van der Waals surface area contributed by atoms with Crippen LogP contribution < -0.4 is 5.32 Å². The van der Waals surface area contributed by atoms with Gasteiger partial charge in [0.15, 0.2) is 0 Å². The van der Waals surface area contributed by atoms with Gasteiger partial charge in [0.2, 0.25) is 0 Å². The van der Waals surface area contributed by atoms with Crippen molar-refractivity contribution in [3.05, 3.63) is 0 Å². The molecule has 1 N–H and O–H groups in total. The first-order chi connectivity index (χ1) is 6.83. The van der Waals surface area contributed by atoms with Gasteiger partial charge in [-0.2, -0.15) is 0 Å². The molecule has 0 aromatic carbocycles. The van der Waals surface area contributed by atoms with Gasteiger partial charge in [0.1, 0.15) is 0 Å². The van der Waals surface area contributed by atoms with Gasteiger partial charge in [-0.3, -0.25) is 0 Å². The van der Waals surface area contributed by atoms with Crippen molar-refractivity contribution in [3.8, 4) is 0 Å². The normalized spacial score (nSPS) is 27.0. The Morgan fingerprint density at radius 3 is 2.86 bits per heavy atom. The Morgan fingerprint density at radius 2 is 2.21 bits per heavy atom. The number of hydrogen-bond acceptors (Lipinski definition) is 3. The fourth-order valence-electron chi connectivity index (χ4n) is 1.79. The van der Waals surface area contributed by atoms with Crippen LogP contribution in [0.4, 0.5) is 0 Å². The van der Waals surface area contributed by atoms with Gasteiger partial charge in [0.05, 0.1) is 12.2 Å². The zero-order valence-corrected chi connectivity index (χ0v) is 9.42. The molecule has 0 bridgehead atoms. The predicted molar refractivity (Wildman–Crippen MR) is 57.5 cm³/mol. The van der Waals surface area contributed by atoms with Gasteiger partial charge in [-0.05, 0) is 39.2 Å². The van der Waals surface area contributed by atoms with E-state index in [-0.39, 0.29) is 0 Å². The molecule has 0 amide bonds. The second kappa shape index (κ2) is 7.21. The van der Waals surface area contributed by atoms with E-state index < -0.39 is 0 Å². The second-order valence-corrected chi connectivity index (χ2v) is 4.05. The van der Waals surface area contributed by atoms with Gasteiger partial charge in [0, 0.05) is 20.3 Å². The molecule has 0 spiro atoms. The van der Waals surface area contributed by atoms with E-state index in [1.165, 1.54) is 19.3 Å². The van der Waals surface area contributed by atoms with Crippen LogP contribution in [0.25, 0.3) is 0 Å². The van der Waals surface area contributed by atoms with Crippen LogP contribution in [0, 0.1) is 0 Å². The summed E-state index contributed by atoms with van der Waals surface area (Å²) in [4.78, 5) is 0. The van der Waals surface area contributed by atoms with Gasteiger partial charge >= 0.3 is 0 Å². The number of methoxy groups -OCH3 is 1. The maximum absolute atomic E-state index is 5.70. The minimum Gasteiger partial charge on any atom is -0.385 e. The first-order valence-electron chi connectivity index (χ1n) is 5.68. The number of unbranched alkanes of at least 4 members (excludes halogenated alkanes) is 1. The first-order valence-corrected chi connectivity index (χ1v) is 5.68. The minimum atomic E-state index is 0.451. The highest BCUT2D eigenvalue weighted by Crippen LogP contribution is 2.17. The van der Waals surface area contributed by atoms with Gasteiger partial charge < -0.3 is 14.8 Å². The van der Waals surface area contributed by atoms with E-state index in [0.29, 0.717) is 12.2 Å². The van der Waals surface area contributed by atoms with Crippen molar-refractivity contribution in [2.24, 2.45) is 0 Å². The van der Waals surface area contributed by atoms with Crippen LogP contribution in [-0.4, -0.2) is 39.0 Å². The van der Waals surface area contributed by atoms with Crippen LogP contribution in [0.15, 0.2) is 0 Å². The molecule has 1 saturated heterocycles. The van der Waals surface area contributed by atoms with Crippen LogP contribution in [0.2, 0.25) is 0 Å². The van der Waals surface area contributed by atoms with Crippen LogP contribution >= 0.6 is 0 Å². The Labute approximate surface area is 87.2 Å². The highest BCUT2D eigenvalue weighted by atomic mass is 16.5. The molecule has 1 rings (SSSR count). The van der Waals surface area contributed by atoms with Crippen LogP contribution in [0.3, 0.4) is 0 Å². The van der Waals surface area contributed by atoms with Crippen molar-refractivity contribution in [1.82, 2.24) is 5.32 Å². The van der Waals surface area contributed by atoms with E-state index >= 15 is 0 Å². The summed E-state index contributed by atoms with van der Waals surface area (Å²) in [6.45, 7) is 5.12. The third-order valence-corrected chi connectivity index (χ3v) is 2.64. The highest BCUT2D eigenvalue weighted by molar-refractivity contribution is 4.72. The summed E-state index contributed by atoms with van der Waals surface area (Å²) in [6, 6.07) is 0. The minimum absolute atomic E-state index is 0.451. The average Bonchev–Trinajstić information content (AvgIpc) is 2.58. The summed E-state index contributed by atoms with van der Waals surface area (Å²) >= 11 is 0. The third kappa shape index (κ3) is 4.94. The fourth-order valence-corrected chi connectivity index (χ4v) is 1.79. The van der Waals surface area contributed by atoms with E-state index in [4.69, 9.17) is 9.47 Å². The van der Waals surface area contributed by atoms with Crippen molar-refractivity contribution in [2.75, 3.05) is 26.8 Å².